The normalized spacial score (nSPS) is 21.4. The largest absolute Gasteiger partial charge is 0.480 e. The third kappa shape index (κ3) is 3.10. The standard InChI is InChI=1S/C13H14F2N2O3S/c1-6-3-9(15)10(4-8(6)14)16-13(20)17-7(2)21-5-11(17)12(18)19/h3-4,7,11H,5H2,1-2H3,(H,16,20)(H,18,19). The first-order valence-corrected chi connectivity index (χ1v) is 7.25. The number of halogens is 2. The predicted molar refractivity (Wildman–Crippen MR) is 75.3 cm³/mol. The summed E-state index contributed by atoms with van der Waals surface area (Å²) in [5.74, 6) is -2.29. The first-order chi connectivity index (χ1) is 9.81. The number of amides is 2. The Morgan fingerprint density at radius 1 is 1.38 bits per heavy atom. The molecule has 0 aliphatic carbocycles. The van der Waals surface area contributed by atoms with Crippen LogP contribution in [0.25, 0.3) is 0 Å². The molecule has 0 aromatic heterocycles. The average Bonchev–Trinajstić information content (AvgIpc) is 2.78. The lowest BCUT2D eigenvalue weighted by molar-refractivity contribution is -0.141. The second-order valence-electron chi connectivity index (χ2n) is 4.71. The van der Waals surface area contributed by atoms with Gasteiger partial charge in [-0.2, -0.15) is 0 Å². The van der Waals surface area contributed by atoms with Gasteiger partial charge in [-0.25, -0.2) is 18.4 Å². The first-order valence-electron chi connectivity index (χ1n) is 6.20. The summed E-state index contributed by atoms with van der Waals surface area (Å²) >= 11 is 1.31. The minimum absolute atomic E-state index is 0.124. The maximum absolute atomic E-state index is 13.7. The number of anilines is 1. The molecule has 8 heteroatoms. The molecule has 114 valence electrons. The Kier molecular flexibility index (Phi) is 4.36. The van der Waals surface area contributed by atoms with Crippen LogP contribution in [0.15, 0.2) is 12.1 Å². The molecule has 2 unspecified atom stereocenters. The molecule has 0 bridgehead atoms. The highest BCUT2D eigenvalue weighted by Crippen LogP contribution is 2.30. The number of urea groups is 1. The number of hydrogen-bond acceptors (Lipinski definition) is 3. The van der Waals surface area contributed by atoms with Crippen molar-refractivity contribution >= 4 is 29.4 Å². The van der Waals surface area contributed by atoms with Crippen molar-refractivity contribution in [2.75, 3.05) is 11.1 Å². The van der Waals surface area contributed by atoms with Gasteiger partial charge in [0.1, 0.15) is 17.7 Å². The average molecular weight is 316 g/mol. The molecule has 21 heavy (non-hydrogen) atoms. The van der Waals surface area contributed by atoms with Crippen LogP contribution in [0.3, 0.4) is 0 Å². The van der Waals surface area contributed by atoms with Gasteiger partial charge in [-0.1, -0.05) is 0 Å². The minimum Gasteiger partial charge on any atom is -0.480 e. The zero-order chi connectivity index (χ0) is 15.7. The van der Waals surface area contributed by atoms with Gasteiger partial charge in [0.25, 0.3) is 0 Å². The van der Waals surface area contributed by atoms with E-state index in [1.54, 1.807) is 6.92 Å². The molecule has 2 rings (SSSR count). The van der Waals surface area contributed by atoms with Gasteiger partial charge in [-0.05, 0) is 25.5 Å². The van der Waals surface area contributed by atoms with Gasteiger partial charge >= 0.3 is 12.0 Å². The molecule has 0 radical (unpaired) electrons. The van der Waals surface area contributed by atoms with Crippen LogP contribution in [0.4, 0.5) is 19.3 Å². The summed E-state index contributed by atoms with van der Waals surface area (Å²) in [6, 6.07) is 0.110. The second kappa shape index (κ2) is 5.88. The zero-order valence-electron chi connectivity index (χ0n) is 11.4. The lowest BCUT2D eigenvalue weighted by Gasteiger charge is -2.25. The molecule has 1 aromatic rings. The smallest absolute Gasteiger partial charge is 0.327 e. The van der Waals surface area contributed by atoms with E-state index < -0.39 is 29.7 Å². The van der Waals surface area contributed by atoms with Crippen LogP contribution in [0.2, 0.25) is 0 Å². The van der Waals surface area contributed by atoms with Gasteiger partial charge in [-0.15, -0.1) is 11.8 Å². The van der Waals surface area contributed by atoms with E-state index >= 15 is 0 Å². The van der Waals surface area contributed by atoms with E-state index in [0.29, 0.717) is 0 Å². The summed E-state index contributed by atoms with van der Waals surface area (Å²) in [5.41, 5.74) is -0.185. The Labute approximate surface area is 124 Å². The van der Waals surface area contributed by atoms with Gasteiger partial charge in [0.05, 0.1) is 11.1 Å². The van der Waals surface area contributed by atoms with Crippen LogP contribution in [0.1, 0.15) is 12.5 Å². The van der Waals surface area contributed by atoms with E-state index in [9.17, 15) is 18.4 Å². The number of aryl methyl sites for hydroxylation is 1. The van der Waals surface area contributed by atoms with Crippen LogP contribution in [-0.2, 0) is 4.79 Å². The van der Waals surface area contributed by atoms with E-state index in [2.05, 4.69) is 5.32 Å². The number of nitrogens with one attached hydrogen (secondary N) is 1. The number of rotatable bonds is 2. The van der Waals surface area contributed by atoms with Crippen LogP contribution in [-0.4, -0.2) is 39.2 Å². The van der Waals surface area contributed by atoms with Crippen molar-refractivity contribution in [2.45, 2.75) is 25.3 Å². The van der Waals surface area contributed by atoms with Gasteiger partial charge in [-0.3, -0.25) is 4.90 Å². The molecular formula is C13H14F2N2O3S. The molecular weight excluding hydrogens is 302 g/mol. The molecule has 0 saturated carbocycles. The SMILES string of the molecule is Cc1cc(F)c(NC(=O)N2C(C)SCC2C(=O)O)cc1F. The van der Waals surface area contributed by atoms with Crippen molar-refractivity contribution in [3.8, 4) is 0 Å². The lowest BCUT2D eigenvalue weighted by atomic mass is 10.2. The Morgan fingerprint density at radius 2 is 2.05 bits per heavy atom. The van der Waals surface area contributed by atoms with Gasteiger partial charge < -0.3 is 10.4 Å². The molecule has 1 aromatic carbocycles. The van der Waals surface area contributed by atoms with Crippen molar-refractivity contribution in [3.63, 3.8) is 0 Å². The van der Waals surface area contributed by atoms with Crippen molar-refractivity contribution in [3.05, 3.63) is 29.3 Å². The number of carbonyl (C=O) groups excluding carboxylic acids is 1. The summed E-state index contributed by atoms with van der Waals surface area (Å²) in [4.78, 5) is 24.4. The highest BCUT2D eigenvalue weighted by Gasteiger charge is 2.39. The minimum atomic E-state index is -1.13. The maximum Gasteiger partial charge on any atom is 0.327 e. The van der Waals surface area contributed by atoms with Gasteiger partial charge in [0, 0.05) is 11.8 Å². The number of aliphatic carboxylic acids is 1. The molecule has 0 spiro atoms. The highest BCUT2D eigenvalue weighted by atomic mass is 32.2. The Bertz CT molecular complexity index is 597. The van der Waals surface area contributed by atoms with Crippen LogP contribution < -0.4 is 5.32 Å². The predicted octanol–water partition coefficient (Wildman–Crippen LogP) is 2.65. The fourth-order valence-corrected chi connectivity index (χ4v) is 3.23. The van der Waals surface area contributed by atoms with Crippen LogP contribution >= 0.6 is 11.8 Å². The first kappa shape index (κ1) is 15.6. The molecule has 1 heterocycles. The monoisotopic (exact) mass is 316 g/mol. The van der Waals surface area contributed by atoms with Crippen LogP contribution in [0, 0.1) is 18.6 Å². The fraction of sp³-hybridized carbons (Fsp3) is 0.385. The molecule has 2 atom stereocenters. The number of nitrogens with zero attached hydrogens (tertiary/aromatic N) is 1. The van der Waals surface area contributed by atoms with Crippen molar-refractivity contribution in [1.29, 1.82) is 0 Å². The summed E-state index contributed by atoms with van der Waals surface area (Å²) < 4.78 is 27.1. The quantitative estimate of drug-likeness (QED) is 0.880. The summed E-state index contributed by atoms with van der Waals surface area (Å²) in [6.45, 7) is 3.09. The third-order valence-electron chi connectivity index (χ3n) is 3.23. The fourth-order valence-electron chi connectivity index (χ4n) is 2.06. The molecule has 1 aliphatic heterocycles. The summed E-state index contributed by atoms with van der Waals surface area (Å²) in [5, 5.41) is 11.0. The topological polar surface area (TPSA) is 69.6 Å². The van der Waals surface area contributed by atoms with E-state index in [4.69, 9.17) is 5.11 Å². The number of carboxylic acids is 1. The molecule has 5 nitrogen and oxygen atoms in total. The van der Waals surface area contributed by atoms with Crippen LogP contribution in [0.5, 0.6) is 0 Å². The van der Waals surface area contributed by atoms with Gasteiger partial charge in [0.15, 0.2) is 0 Å². The van der Waals surface area contributed by atoms with Crippen molar-refractivity contribution in [1.82, 2.24) is 4.90 Å². The number of thioether (sulfide) groups is 1. The lowest BCUT2D eigenvalue weighted by Crippen LogP contribution is -2.46. The number of carbonyl (C=O) groups is 2. The summed E-state index contributed by atoms with van der Waals surface area (Å²) in [6.07, 6.45) is 0. The highest BCUT2D eigenvalue weighted by molar-refractivity contribution is 8.00. The number of hydrogen-bond donors (Lipinski definition) is 2. The van der Waals surface area contributed by atoms with E-state index in [-0.39, 0.29) is 22.4 Å². The Morgan fingerprint density at radius 3 is 2.67 bits per heavy atom. The van der Waals surface area contributed by atoms with E-state index in [1.165, 1.54) is 18.7 Å². The maximum atomic E-state index is 13.7. The number of carboxylic acid groups (broad SMARTS) is 1. The molecule has 1 fully saturated rings. The van der Waals surface area contributed by atoms with Crippen molar-refractivity contribution in [2.24, 2.45) is 0 Å². The molecule has 1 aliphatic rings. The number of benzene rings is 1. The van der Waals surface area contributed by atoms with Gasteiger partial charge in [0.2, 0.25) is 0 Å². The zero-order valence-corrected chi connectivity index (χ0v) is 12.2. The Hall–Kier alpha value is -1.83. The Balaban J connectivity index is 2.21. The molecule has 2 amide bonds. The molecule has 1 saturated heterocycles. The second-order valence-corrected chi connectivity index (χ2v) is 6.05. The summed E-state index contributed by atoms with van der Waals surface area (Å²) in [7, 11) is 0. The molecule has 2 N–H and O–H groups in total. The van der Waals surface area contributed by atoms with E-state index in [0.717, 1.165) is 17.0 Å². The third-order valence-corrected chi connectivity index (χ3v) is 4.45. The van der Waals surface area contributed by atoms with E-state index in [1.807, 2.05) is 0 Å². The van der Waals surface area contributed by atoms with Crippen molar-refractivity contribution < 1.29 is 23.5 Å².